The molecule has 2 nitrogen and oxygen atoms in total. The number of rotatable bonds is 4. The Morgan fingerprint density at radius 1 is 0.679 bits per heavy atom. The van der Waals surface area contributed by atoms with E-state index in [1.807, 2.05) is 37.5 Å². The van der Waals surface area contributed by atoms with Crippen molar-refractivity contribution in [2.45, 2.75) is 69.2 Å². The standard InChI is InChI=1S/2C5H11NS2.2C5H11.Cd.Zn/c2*1-3-6(4-2)5(7)8;2*1-5(2,3)4;;/h2*3-4H2,1-2H3,(H,7,8);2*1H2,2-4H3;;/q;;2*-1;2*+2/p-2. The molecular weight excluding hydrogens is 574 g/mol. The zero-order chi connectivity index (χ0) is 22.1. The maximum absolute atomic E-state index is 4.76. The van der Waals surface area contributed by atoms with Crippen LogP contribution in [0, 0.1) is 24.7 Å². The largest absolute Gasteiger partial charge is 2.00 e. The van der Waals surface area contributed by atoms with Crippen LogP contribution in [-0.4, -0.2) is 44.6 Å². The van der Waals surface area contributed by atoms with Gasteiger partial charge in [-0.05, 0) is 27.7 Å². The van der Waals surface area contributed by atoms with Gasteiger partial charge in [0.15, 0.2) is 0 Å². The summed E-state index contributed by atoms with van der Waals surface area (Å²) in [7, 11) is 0. The second kappa shape index (κ2) is 25.0. The van der Waals surface area contributed by atoms with Crippen LogP contribution in [0.25, 0.3) is 0 Å². The molecule has 0 rings (SSSR count). The average Bonchev–Trinajstić information content (AvgIpc) is 2.37. The van der Waals surface area contributed by atoms with Gasteiger partial charge in [0.05, 0.1) is 0 Å². The Hall–Kier alpha value is 1.77. The van der Waals surface area contributed by atoms with E-state index in [0.29, 0.717) is 8.64 Å². The Morgan fingerprint density at radius 2 is 0.786 bits per heavy atom. The van der Waals surface area contributed by atoms with Crippen molar-refractivity contribution in [3.8, 4) is 0 Å². The van der Waals surface area contributed by atoms with E-state index in [2.05, 4.69) is 55.4 Å². The van der Waals surface area contributed by atoms with Crippen LogP contribution in [0.2, 0.25) is 0 Å². The van der Waals surface area contributed by atoms with Crippen LogP contribution >= 0.6 is 24.4 Å². The first-order valence-electron chi connectivity index (χ1n) is 9.06. The number of nitrogens with zero attached hydrogens (tertiary/aromatic N) is 2. The predicted molar refractivity (Wildman–Crippen MR) is 135 cm³/mol. The van der Waals surface area contributed by atoms with E-state index in [1.54, 1.807) is 0 Å². The first-order chi connectivity index (χ1) is 11.4. The molecule has 0 amide bonds. The normalized spacial score (nSPS) is 9.29. The van der Waals surface area contributed by atoms with E-state index in [-0.39, 0.29) is 57.6 Å². The van der Waals surface area contributed by atoms with E-state index in [1.165, 1.54) is 0 Å². The van der Waals surface area contributed by atoms with Gasteiger partial charge in [-0.2, -0.15) is 10.8 Å². The zero-order valence-electron chi connectivity index (χ0n) is 20.2. The molecule has 0 saturated carbocycles. The third kappa shape index (κ3) is 63.0. The fraction of sp³-hybridized carbons (Fsp3) is 0.800. The van der Waals surface area contributed by atoms with Gasteiger partial charge < -0.3 is 73.3 Å². The minimum Gasteiger partial charge on any atom is -0.411 e. The molecule has 0 aliphatic heterocycles. The smallest absolute Gasteiger partial charge is 0.411 e. The molecule has 0 aliphatic rings. The Bertz CT molecular complexity index is 303. The Labute approximate surface area is 232 Å². The van der Waals surface area contributed by atoms with Crippen LogP contribution in [-0.2, 0) is 72.0 Å². The van der Waals surface area contributed by atoms with Crippen LogP contribution < -0.4 is 0 Å². The zero-order valence-corrected chi connectivity index (χ0v) is 30.5. The van der Waals surface area contributed by atoms with Gasteiger partial charge in [-0.1, -0.05) is 50.2 Å². The topological polar surface area (TPSA) is 6.48 Å². The third-order valence-electron chi connectivity index (χ3n) is 2.04. The quantitative estimate of drug-likeness (QED) is 0.163. The van der Waals surface area contributed by atoms with E-state index in [0.717, 1.165) is 26.2 Å². The van der Waals surface area contributed by atoms with Crippen molar-refractivity contribution in [2.24, 2.45) is 10.8 Å². The molecule has 0 aromatic rings. The summed E-state index contributed by atoms with van der Waals surface area (Å²) in [4.78, 5) is 3.93. The van der Waals surface area contributed by atoms with Gasteiger partial charge in [0.1, 0.15) is 0 Å². The maximum atomic E-state index is 4.76. The first kappa shape index (κ1) is 43.6. The second-order valence-electron chi connectivity index (χ2n) is 8.00. The van der Waals surface area contributed by atoms with Crippen LogP contribution in [0.15, 0.2) is 0 Å². The molecule has 8 heteroatoms. The molecule has 0 fully saturated rings. The van der Waals surface area contributed by atoms with Gasteiger partial charge >= 0.3 is 46.8 Å². The maximum Gasteiger partial charge on any atom is 2.00 e. The number of thiocarbonyl (C=S) groups is 2. The fourth-order valence-corrected chi connectivity index (χ4v) is 2.00. The average molecular weight is 617 g/mol. The molecule has 0 atom stereocenters. The Kier molecular flexibility index (Phi) is 39.0. The second-order valence-corrected chi connectivity index (χ2v) is 10.1. The summed E-state index contributed by atoms with van der Waals surface area (Å²) in [6.07, 6.45) is 0. The molecule has 0 aromatic heterocycles. The fourth-order valence-electron chi connectivity index (χ4n) is 0.964. The summed E-state index contributed by atoms with van der Waals surface area (Å²) in [5.74, 6) is 0. The minimum atomic E-state index is 0. The number of hydrogen-bond acceptors (Lipinski definition) is 4. The van der Waals surface area contributed by atoms with Crippen molar-refractivity contribution in [3.05, 3.63) is 13.8 Å². The SMILES string of the molecule is CCN(CC)C(=S)[S-].CCN(CC)C(=S)[S-].[CH2-]C(C)(C)C.[CH2-]C(C)(C)C.[Cd+2].[Zn+2]. The van der Waals surface area contributed by atoms with Crippen molar-refractivity contribution >= 4 is 58.3 Å². The third-order valence-corrected chi connectivity index (χ3v) is 3.08. The Morgan fingerprint density at radius 3 is 0.786 bits per heavy atom. The summed E-state index contributed by atoms with van der Waals surface area (Å²) in [5.41, 5.74) is 0.500. The van der Waals surface area contributed by atoms with Crippen molar-refractivity contribution in [1.82, 2.24) is 9.80 Å². The van der Waals surface area contributed by atoms with Crippen LogP contribution in [0.5, 0.6) is 0 Å². The molecule has 0 N–H and O–H groups in total. The molecule has 0 heterocycles. The van der Waals surface area contributed by atoms with Crippen LogP contribution in [0.3, 0.4) is 0 Å². The van der Waals surface area contributed by atoms with Gasteiger partial charge in [0, 0.05) is 26.2 Å². The monoisotopic (exact) mass is 616 g/mol. The molecule has 0 radical (unpaired) electrons. The van der Waals surface area contributed by atoms with E-state index >= 15 is 0 Å². The summed E-state index contributed by atoms with van der Waals surface area (Å²) < 4.78 is 1.16. The van der Waals surface area contributed by atoms with Gasteiger partial charge in [-0.25, -0.2) is 0 Å². The van der Waals surface area contributed by atoms with Gasteiger partial charge in [0.2, 0.25) is 0 Å². The predicted octanol–water partition coefficient (Wildman–Crippen LogP) is 6.05. The van der Waals surface area contributed by atoms with Crippen LogP contribution in [0.1, 0.15) is 69.2 Å². The molecule has 28 heavy (non-hydrogen) atoms. The summed E-state index contributed by atoms with van der Waals surface area (Å²) in [5, 5.41) is 0. The van der Waals surface area contributed by atoms with Crippen molar-refractivity contribution in [2.75, 3.05) is 26.2 Å². The van der Waals surface area contributed by atoms with Gasteiger partial charge in [0.25, 0.3) is 0 Å². The molecule has 0 aromatic carbocycles. The van der Waals surface area contributed by atoms with Gasteiger partial charge in [-0.15, -0.1) is 0 Å². The molecule has 0 saturated heterocycles. The molecule has 160 valence electrons. The van der Waals surface area contributed by atoms with E-state index in [9.17, 15) is 0 Å². The summed E-state index contributed by atoms with van der Waals surface area (Å²) in [6.45, 7) is 31.9. The van der Waals surface area contributed by atoms with Crippen LogP contribution in [0.4, 0.5) is 0 Å². The molecule has 0 aliphatic carbocycles. The first-order valence-corrected chi connectivity index (χ1v) is 10.7. The van der Waals surface area contributed by atoms with Crippen molar-refractivity contribution < 1.29 is 46.8 Å². The summed E-state index contributed by atoms with van der Waals surface area (Å²) >= 11 is 19.0. The molecular formula is C20H42CdN2S4Zn. The molecule has 0 unspecified atom stereocenters. The molecule has 0 spiro atoms. The van der Waals surface area contributed by atoms with Gasteiger partial charge in [-0.3, -0.25) is 0 Å². The minimum absolute atomic E-state index is 0. The van der Waals surface area contributed by atoms with E-state index < -0.39 is 0 Å². The summed E-state index contributed by atoms with van der Waals surface area (Å²) in [6, 6.07) is 0. The molecule has 0 bridgehead atoms. The van der Waals surface area contributed by atoms with E-state index in [4.69, 9.17) is 49.7 Å². The van der Waals surface area contributed by atoms with Crippen molar-refractivity contribution in [3.63, 3.8) is 0 Å². The Balaban J connectivity index is -0.0000000576. The number of hydrogen-bond donors (Lipinski definition) is 0. The van der Waals surface area contributed by atoms with Crippen molar-refractivity contribution in [1.29, 1.82) is 0 Å².